The second-order valence-electron chi connectivity index (χ2n) is 13.7. The smallest absolute Gasteiger partial charge is 0.182 e. The van der Waals surface area contributed by atoms with Crippen molar-refractivity contribution < 1.29 is 0 Å². The molecule has 55 heavy (non-hydrogen) atoms. The molecule has 1 aliphatic carbocycles. The first kappa shape index (κ1) is 32.2. The topological polar surface area (TPSA) is 60.9 Å². The maximum atomic E-state index is 4.86. The molecule has 0 fully saturated rings. The first-order valence-electron chi connectivity index (χ1n) is 18.3. The van der Waals surface area contributed by atoms with Crippen molar-refractivity contribution in [3.8, 4) is 56.2 Å². The quantitative estimate of drug-likeness (QED) is 0.148. The van der Waals surface area contributed by atoms with Gasteiger partial charge in [-0.15, -0.1) is 10.2 Å². The molecule has 0 amide bonds. The van der Waals surface area contributed by atoms with Crippen molar-refractivity contribution in [3.05, 3.63) is 217 Å². The van der Waals surface area contributed by atoms with Crippen molar-refractivity contribution in [1.29, 1.82) is 0 Å². The van der Waals surface area contributed by atoms with Gasteiger partial charge in [-0.25, -0.2) is 19.2 Å². The zero-order valence-electron chi connectivity index (χ0n) is 29.9. The summed E-state index contributed by atoms with van der Waals surface area (Å²) < 4.78 is 3.48. The summed E-state index contributed by atoms with van der Waals surface area (Å²) in [6.07, 6.45) is 8.97. The van der Waals surface area contributed by atoms with E-state index in [9.17, 15) is 0 Å². The van der Waals surface area contributed by atoms with E-state index >= 15 is 0 Å². The van der Waals surface area contributed by atoms with Crippen LogP contribution in [0.3, 0.4) is 0 Å². The molecule has 0 bridgehead atoms. The number of allylic oxidation sites excluding steroid dienone is 2. The Morgan fingerprint density at radius 2 is 1.15 bits per heavy atom. The molecule has 1 aliphatic rings. The highest BCUT2D eigenvalue weighted by molar-refractivity contribution is 5.89. The summed E-state index contributed by atoms with van der Waals surface area (Å²) >= 11 is 0. The third-order valence-corrected chi connectivity index (χ3v) is 10.6. The van der Waals surface area contributed by atoms with Crippen molar-refractivity contribution in [2.75, 3.05) is 0 Å². The number of nitrogens with zero attached hydrogens (tertiary/aromatic N) is 6. The molecule has 3 aromatic heterocycles. The minimum atomic E-state index is -0.469. The molecule has 0 unspecified atom stereocenters. The van der Waals surface area contributed by atoms with Gasteiger partial charge in [-0.2, -0.15) is 0 Å². The molecule has 0 atom stereocenters. The third kappa shape index (κ3) is 5.42. The first-order valence-corrected chi connectivity index (χ1v) is 18.3. The highest BCUT2D eigenvalue weighted by Crippen LogP contribution is 2.56. The summed E-state index contributed by atoms with van der Waals surface area (Å²) in [6.45, 7) is 3.77. The van der Waals surface area contributed by atoms with Gasteiger partial charge < -0.3 is 0 Å². The molecule has 0 saturated carbocycles. The van der Waals surface area contributed by atoms with E-state index in [0.717, 1.165) is 39.0 Å². The zero-order chi connectivity index (χ0) is 36.8. The Morgan fingerprint density at radius 3 is 1.91 bits per heavy atom. The molecule has 0 spiro atoms. The normalized spacial score (nSPS) is 12.9. The lowest BCUT2D eigenvalue weighted by molar-refractivity contribution is 0.769. The second-order valence-corrected chi connectivity index (χ2v) is 13.7. The maximum Gasteiger partial charge on any atom is 0.182 e. The molecule has 0 radical (unpaired) electrons. The lowest BCUT2D eigenvalue weighted by Crippen LogP contribution is -2.28. The van der Waals surface area contributed by atoms with Gasteiger partial charge in [-0.1, -0.05) is 134 Å². The molecule has 0 N–H and O–H groups in total. The van der Waals surface area contributed by atoms with Crippen LogP contribution in [0.15, 0.2) is 195 Å². The van der Waals surface area contributed by atoms with E-state index in [-0.39, 0.29) is 0 Å². The van der Waals surface area contributed by atoms with E-state index in [2.05, 4.69) is 157 Å². The van der Waals surface area contributed by atoms with Gasteiger partial charge in [0.15, 0.2) is 17.3 Å². The summed E-state index contributed by atoms with van der Waals surface area (Å²) in [4.78, 5) is 9.51. The maximum absolute atomic E-state index is 4.86. The van der Waals surface area contributed by atoms with Crippen LogP contribution in [0.4, 0.5) is 0 Å². The van der Waals surface area contributed by atoms with Gasteiger partial charge in [-0.3, -0.25) is 0 Å². The molecule has 6 heteroatoms. The highest BCUT2D eigenvalue weighted by Gasteiger charge is 2.46. The van der Waals surface area contributed by atoms with Gasteiger partial charge in [0.2, 0.25) is 0 Å². The van der Waals surface area contributed by atoms with Gasteiger partial charge in [0.1, 0.15) is 6.33 Å². The fourth-order valence-electron chi connectivity index (χ4n) is 8.14. The largest absolute Gasteiger partial charge is 0.228 e. The summed E-state index contributed by atoms with van der Waals surface area (Å²) in [5.41, 5.74) is 14.0. The van der Waals surface area contributed by atoms with Crippen LogP contribution < -0.4 is 0 Å². The number of benzene rings is 6. The minimum absolute atomic E-state index is 0.469. The SMILES string of the molecule is C=C/C=C\n1cnc(-c2cc(-c3cccc(-c4ccc5c(c4)C(c4ccccc4)(c4ccccc4)c4ccccc4-5)c3)cc(-c3nc4ccccn4n3)c2)n1. The van der Waals surface area contributed by atoms with Crippen molar-refractivity contribution >= 4 is 11.8 Å². The van der Waals surface area contributed by atoms with Gasteiger partial charge in [0.25, 0.3) is 0 Å². The average Bonchev–Trinajstić information content (AvgIpc) is 3.99. The monoisotopic (exact) mass is 706 g/mol. The Labute approximate surface area is 319 Å². The predicted octanol–water partition coefficient (Wildman–Crippen LogP) is 11.0. The standard InChI is InChI=1S/C49H34N6/c1-2-3-26-54-33-50-47(52-54)38-29-37(30-39(31-38)48-51-46-23-12-13-27-55(46)53-48)35-16-14-15-34(28-35)36-24-25-43-42-21-10-11-22-44(42)49(45(43)32-36,40-17-6-4-7-18-40)41-19-8-5-9-20-41/h2-33H,1H2/b26-3-. The Hall–Kier alpha value is -7.44. The number of rotatable bonds is 8. The Morgan fingerprint density at radius 1 is 0.509 bits per heavy atom. The average molecular weight is 707 g/mol. The van der Waals surface area contributed by atoms with Gasteiger partial charge in [0.05, 0.1) is 5.41 Å². The van der Waals surface area contributed by atoms with Crippen LogP contribution >= 0.6 is 0 Å². The van der Waals surface area contributed by atoms with Crippen LogP contribution in [-0.2, 0) is 5.41 Å². The Balaban J connectivity index is 1.13. The summed E-state index contributed by atoms with van der Waals surface area (Å²) in [5, 5.41) is 9.55. The molecule has 10 rings (SSSR count). The molecule has 3 heterocycles. The molecular weight excluding hydrogens is 673 g/mol. The summed E-state index contributed by atoms with van der Waals surface area (Å²) in [7, 11) is 0. The molecule has 260 valence electrons. The highest BCUT2D eigenvalue weighted by atomic mass is 15.3. The van der Waals surface area contributed by atoms with E-state index < -0.39 is 5.41 Å². The second kappa shape index (κ2) is 13.2. The van der Waals surface area contributed by atoms with Crippen LogP contribution in [0.1, 0.15) is 22.3 Å². The van der Waals surface area contributed by atoms with Crippen LogP contribution in [0, 0.1) is 0 Å². The first-order chi connectivity index (χ1) is 27.2. The van der Waals surface area contributed by atoms with Crippen molar-refractivity contribution in [3.63, 3.8) is 0 Å². The van der Waals surface area contributed by atoms with Crippen LogP contribution in [0.5, 0.6) is 0 Å². The number of aromatic nitrogens is 6. The third-order valence-electron chi connectivity index (χ3n) is 10.6. The number of pyridine rings is 1. The fraction of sp³-hybridized carbons (Fsp3) is 0.0204. The lowest BCUT2D eigenvalue weighted by Gasteiger charge is -2.34. The molecule has 0 aliphatic heterocycles. The van der Waals surface area contributed by atoms with E-state index in [0.29, 0.717) is 11.6 Å². The molecular formula is C49H34N6. The fourth-order valence-corrected chi connectivity index (χ4v) is 8.14. The van der Waals surface area contributed by atoms with E-state index in [1.54, 1.807) is 21.6 Å². The summed E-state index contributed by atoms with van der Waals surface area (Å²) in [5.74, 6) is 1.24. The zero-order valence-corrected chi connectivity index (χ0v) is 29.9. The molecule has 9 aromatic rings. The van der Waals surface area contributed by atoms with Crippen molar-refractivity contribution in [1.82, 2.24) is 29.4 Å². The van der Waals surface area contributed by atoms with Crippen molar-refractivity contribution in [2.24, 2.45) is 0 Å². The Bertz CT molecular complexity index is 2830. The number of hydrogen-bond donors (Lipinski definition) is 0. The van der Waals surface area contributed by atoms with Crippen LogP contribution in [-0.4, -0.2) is 29.4 Å². The van der Waals surface area contributed by atoms with Crippen LogP contribution in [0.25, 0.3) is 68.0 Å². The van der Waals surface area contributed by atoms with Crippen LogP contribution in [0.2, 0.25) is 0 Å². The van der Waals surface area contributed by atoms with E-state index in [1.807, 2.05) is 36.7 Å². The van der Waals surface area contributed by atoms with E-state index in [1.165, 1.54) is 33.4 Å². The number of hydrogen-bond acceptors (Lipinski definition) is 4. The lowest BCUT2D eigenvalue weighted by atomic mass is 9.67. The van der Waals surface area contributed by atoms with Gasteiger partial charge in [0, 0.05) is 23.5 Å². The summed E-state index contributed by atoms with van der Waals surface area (Å²) in [6, 6.07) is 58.7. The molecule has 6 nitrogen and oxygen atoms in total. The molecule has 0 saturated heterocycles. The molecule has 6 aromatic carbocycles. The van der Waals surface area contributed by atoms with Crippen molar-refractivity contribution in [2.45, 2.75) is 5.41 Å². The number of fused-ring (bicyclic) bond motifs is 4. The Kier molecular flexibility index (Phi) is 7.74. The van der Waals surface area contributed by atoms with E-state index in [4.69, 9.17) is 15.2 Å². The van der Waals surface area contributed by atoms with Gasteiger partial charge in [-0.05, 0) is 104 Å². The van der Waals surface area contributed by atoms with Gasteiger partial charge >= 0.3 is 0 Å². The minimum Gasteiger partial charge on any atom is -0.228 e. The predicted molar refractivity (Wildman–Crippen MR) is 221 cm³/mol.